The van der Waals surface area contributed by atoms with Gasteiger partial charge in [-0.05, 0) is 19.1 Å². The molecule has 128 valence electrons. The highest BCUT2D eigenvalue weighted by atomic mass is 19.1. The Morgan fingerprint density at radius 2 is 1.92 bits per heavy atom. The predicted octanol–water partition coefficient (Wildman–Crippen LogP) is -0.00340. The molecule has 0 saturated carbocycles. The molecular weight excluding hydrogens is 315 g/mol. The van der Waals surface area contributed by atoms with Crippen molar-refractivity contribution in [1.29, 1.82) is 0 Å². The number of carbonyl (C=O) groups is 3. The van der Waals surface area contributed by atoms with Crippen molar-refractivity contribution >= 4 is 17.8 Å². The SMILES string of the molecule is CCN1C(=O)[C@H]2[C@@H](c3ccc(F)cc3)[NH2+][C@@](C)(C(=O)OC)[C@@H]2C1=O. The van der Waals surface area contributed by atoms with Gasteiger partial charge in [0.1, 0.15) is 23.7 Å². The molecule has 0 aliphatic carbocycles. The summed E-state index contributed by atoms with van der Waals surface area (Å²) in [7, 11) is 1.26. The molecule has 2 N–H and O–H groups in total. The molecule has 0 unspecified atom stereocenters. The Morgan fingerprint density at radius 1 is 1.29 bits per heavy atom. The highest BCUT2D eigenvalue weighted by molar-refractivity contribution is 6.08. The molecule has 1 aromatic rings. The number of carbonyl (C=O) groups excluding carboxylic acids is 3. The fourth-order valence-corrected chi connectivity index (χ4v) is 4.04. The summed E-state index contributed by atoms with van der Waals surface area (Å²) in [6.45, 7) is 3.62. The molecule has 0 spiro atoms. The second-order valence-corrected chi connectivity index (χ2v) is 6.44. The van der Waals surface area contributed by atoms with Gasteiger partial charge in [-0.25, -0.2) is 9.18 Å². The summed E-state index contributed by atoms with van der Waals surface area (Å²) in [5.41, 5.74) is -0.479. The number of ether oxygens (including phenoxy) is 1. The van der Waals surface area contributed by atoms with Crippen LogP contribution in [0.3, 0.4) is 0 Å². The lowest BCUT2D eigenvalue weighted by atomic mass is 9.80. The summed E-state index contributed by atoms with van der Waals surface area (Å²) in [6.07, 6.45) is 0. The van der Waals surface area contributed by atoms with Crippen molar-refractivity contribution in [2.75, 3.05) is 13.7 Å². The smallest absolute Gasteiger partial charge is 0.368 e. The van der Waals surface area contributed by atoms with Crippen LogP contribution in [0.4, 0.5) is 4.39 Å². The second kappa shape index (κ2) is 5.66. The zero-order valence-corrected chi connectivity index (χ0v) is 13.8. The molecule has 2 heterocycles. The van der Waals surface area contributed by atoms with Crippen LogP contribution in [-0.4, -0.2) is 41.9 Å². The van der Waals surface area contributed by atoms with E-state index in [9.17, 15) is 18.8 Å². The number of amides is 2. The third-order valence-electron chi connectivity index (χ3n) is 5.20. The first-order valence-corrected chi connectivity index (χ1v) is 7.90. The van der Waals surface area contributed by atoms with Gasteiger partial charge in [-0.15, -0.1) is 0 Å². The number of imide groups is 1. The van der Waals surface area contributed by atoms with E-state index in [2.05, 4.69) is 0 Å². The molecule has 1 aromatic carbocycles. The van der Waals surface area contributed by atoms with Crippen molar-refractivity contribution in [3.05, 3.63) is 35.6 Å². The fraction of sp³-hybridized carbons (Fsp3) is 0.471. The first-order chi connectivity index (χ1) is 11.3. The number of esters is 1. The molecule has 6 nitrogen and oxygen atoms in total. The lowest BCUT2D eigenvalue weighted by Crippen LogP contribution is -2.97. The molecule has 7 heteroatoms. The average Bonchev–Trinajstić information content (AvgIpc) is 3.02. The van der Waals surface area contributed by atoms with Crippen molar-refractivity contribution in [2.24, 2.45) is 11.8 Å². The maximum Gasteiger partial charge on any atom is 0.368 e. The summed E-state index contributed by atoms with van der Waals surface area (Å²) in [5.74, 6) is -3.00. The van der Waals surface area contributed by atoms with Gasteiger partial charge in [-0.2, -0.15) is 0 Å². The lowest BCUT2D eigenvalue weighted by molar-refractivity contribution is -0.731. The minimum atomic E-state index is -1.19. The van der Waals surface area contributed by atoms with E-state index >= 15 is 0 Å². The van der Waals surface area contributed by atoms with Crippen molar-refractivity contribution in [3.8, 4) is 0 Å². The molecule has 24 heavy (non-hydrogen) atoms. The molecule has 2 saturated heterocycles. The Bertz CT molecular complexity index is 705. The van der Waals surface area contributed by atoms with Crippen LogP contribution in [0.1, 0.15) is 25.5 Å². The summed E-state index contributed by atoms with van der Waals surface area (Å²) in [4.78, 5) is 39.0. The molecule has 3 rings (SSSR count). The Balaban J connectivity index is 2.09. The Kier molecular flexibility index (Phi) is 3.91. The number of likely N-dealkylation sites (tertiary alicyclic amines) is 1. The van der Waals surface area contributed by atoms with Gasteiger partial charge in [0.2, 0.25) is 17.4 Å². The van der Waals surface area contributed by atoms with Crippen LogP contribution in [0.5, 0.6) is 0 Å². The van der Waals surface area contributed by atoms with Gasteiger partial charge in [0, 0.05) is 19.0 Å². The van der Waals surface area contributed by atoms with Crippen molar-refractivity contribution in [1.82, 2.24) is 4.90 Å². The highest BCUT2D eigenvalue weighted by Gasteiger charge is 2.70. The maximum absolute atomic E-state index is 13.2. The zero-order valence-electron chi connectivity index (χ0n) is 13.8. The first-order valence-electron chi connectivity index (χ1n) is 7.90. The summed E-state index contributed by atoms with van der Waals surface area (Å²) >= 11 is 0. The summed E-state index contributed by atoms with van der Waals surface area (Å²) in [6, 6.07) is 5.36. The van der Waals surface area contributed by atoms with E-state index in [1.165, 1.54) is 24.1 Å². The third-order valence-corrected chi connectivity index (χ3v) is 5.20. The number of hydrogen-bond acceptors (Lipinski definition) is 4. The second-order valence-electron chi connectivity index (χ2n) is 6.44. The number of nitrogens with zero attached hydrogens (tertiary/aromatic N) is 1. The number of benzene rings is 1. The molecule has 0 bridgehead atoms. The van der Waals surface area contributed by atoms with Gasteiger partial charge in [0.15, 0.2) is 0 Å². The number of nitrogens with two attached hydrogens (primary N) is 1. The van der Waals surface area contributed by atoms with Crippen LogP contribution < -0.4 is 5.32 Å². The van der Waals surface area contributed by atoms with Crippen molar-refractivity contribution < 1.29 is 28.8 Å². The van der Waals surface area contributed by atoms with Crippen LogP contribution in [0.2, 0.25) is 0 Å². The van der Waals surface area contributed by atoms with Gasteiger partial charge in [0.05, 0.1) is 7.11 Å². The number of halogens is 1. The Labute approximate surface area is 139 Å². The number of rotatable bonds is 3. The maximum atomic E-state index is 13.2. The standard InChI is InChI=1S/C17H19FN2O4/c1-4-20-14(21)11-12(15(20)22)17(2,16(23)24-3)19-13(11)9-5-7-10(18)8-6-9/h5-8,11-13,19H,4H2,1-3H3/p+1/t11-,12+,13-,17-/m1/s1. The minimum Gasteiger partial charge on any atom is -0.464 e. The van der Waals surface area contributed by atoms with Crippen molar-refractivity contribution in [2.45, 2.75) is 25.4 Å². The summed E-state index contributed by atoms with van der Waals surface area (Å²) in [5, 5.41) is 1.71. The molecule has 0 aromatic heterocycles. The predicted molar refractivity (Wildman–Crippen MR) is 80.9 cm³/mol. The zero-order chi connectivity index (χ0) is 17.6. The van der Waals surface area contributed by atoms with Crippen LogP contribution in [-0.2, 0) is 19.1 Å². The Hall–Kier alpha value is -2.28. The van der Waals surface area contributed by atoms with Crippen LogP contribution in [0.25, 0.3) is 0 Å². The molecular formula is C17H20FN2O4+. The van der Waals surface area contributed by atoms with E-state index < -0.39 is 29.4 Å². The molecule has 2 aliphatic rings. The largest absolute Gasteiger partial charge is 0.464 e. The number of methoxy groups -OCH3 is 1. The number of quaternary nitrogens is 1. The normalized spacial score (nSPS) is 32.2. The van der Waals surface area contributed by atoms with E-state index in [1.807, 2.05) is 0 Å². The first kappa shape index (κ1) is 16.6. The van der Waals surface area contributed by atoms with Gasteiger partial charge in [-0.3, -0.25) is 14.5 Å². The monoisotopic (exact) mass is 335 g/mol. The van der Waals surface area contributed by atoms with Crippen LogP contribution >= 0.6 is 0 Å². The van der Waals surface area contributed by atoms with Crippen LogP contribution in [0, 0.1) is 17.7 Å². The van der Waals surface area contributed by atoms with Gasteiger partial charge in [-0.1, -0.05) is 12.1 Å². The number of hydrogen-bond donors (Lipinski definition) is 1. The average molecular weight is 335 g/mol. The van der Waals surface area contributed by atoms with E-state index in [-0.39, 0.29) is 24.2 Å². The number of fused-ring (bicyclic) bond motifs is 1. The minimum absolute atomic E-state index is 0.262. The molecule has 0 radical (unpaired) electrons. The van der Waals surface area contributed by atoms with E-state index in [4.69, 9.17) is 4.74 Å². The van der Waals surface area contributed by atoms with Gasteiger partial charge in [0.25, 0.3) is 0 Å². The topological polar surface area (TPSA) is 80.3 Å². The quantitative estimate of drug-likeness (QED) is 0.623. The molecule has 2 aliphatic heterocycles. The lowest BCUT2D eigenvalue weighted by Gasteiger charge is -2.25. The molecule has 4 atom stereocenters. The van der Waals surface area contributed by atoms with Gasteiger partial charge < -0.3 is 10.1 Å². The van der Waals surface area contributed by atoms with Crippen molar-refractivity contribution in [3.63, 3.8) is 0 Å². The van der Waals surface area contributed by atoms with E-state index in [0.29, 0.717) is 5.56 Å². The van der Waals surface area contributed by atoms with Crippen LogP contribution in [0.15, 0.2) is 24.3 Å². The van der Waals surface area contributed by atoms with Gasteiger partial charge >= 0.3 is 5.97 Å². The molecule has 2 fully saturated rings. The Morgan fingerprint density at radius 3 is 2.46 bits per heavy atom. The van der Waals surface area contributed by atoms with E-state index in [1.54, 1.807) is 31.3 Å². The summed E-state index contributed by atoms with van der Waals surface area (Å²) < 4.78 is 18.1. The fourth-order valence-electron chi connectivity index (χ4n) is 4.04. The van der Waals surface area contributed by atoms with E-state index in [0.717, 1.165) is 0 Å². The third kappa shape index (κ3) is 2.15. The molecule has 2 amide bonds. The highest BCUT2D eigenvalue weighted by Crippen LogP contribution is 2.44.